The largest absolute Gasteiger partial charge is 0.459 e. The van der Waals surface area contributed by atoms with Gasteiger partial charge in [0, 0.05) is 18.0 Å². The molecule has 0 aliphatic heterocycles. The molecule has 0 spiro atoms. The highest BCUT2D eigenvalue weighted by molar-refractivity contribution is 9.09. The van der Waals surface area contributed by atoms with Crippen LogP contribution in [0.2, 0.25) is 0 Å². The number of pyridine rings is 1. The average Bonchev–Trinajstić information content (AvgIpc) is 2.86. The Balaban J connectivity index is 2.27. The maximum Gasteiger partial charge on any atom is 0.262 e. The summed E-state index contributed by atoms with van der Waals surface area (Å²) in [6, 6.07) is 7.92. The van der Waals surface area contributed by atoms with Crippen LogP contribution in [0, 0.1) is 0 Å². The maximum atomic E-state index is 12.7. The van der Waals surface area contributed by atoms with Gasteiger partial charge in [-0.2, -0.15) is 0 Å². The quantitative estimate of drug-likeness (QED) is 0.582. The summed E-state index contributed by atoms with van der Waals surface area (Å²) in [6.45, 7) is 0. The molecule has 3 nitrogen and oxygen atoms in total. The Kier molecular flexibility index (Phi) is 2.58. The number of aromatic nitrogens is 1. The van der Waals surface area contributed by atoms with Crippen molar-refractivity contribution in [1.82, 2.24) is 4.57 Å². The van der Waals surface area contributed by atoms with Gasteiger partial charge in [0.25, 0.3) is 5.56 Å². The van der Waals surface area contributed by atoms with E-state index in [4.69, 9.17) is 4.42 Å². The molecule has 0 bridgehead atoms. The Morgan fingerprint density at radius 2 is 2.15 bits per heavy atom. The minimum absolute atomic E-state index is 0.0466. The topological polar surface area (TPSA) is 35.1 Å². The summed E-state index contributed by atoms with van der Waals surface area (Å²) < 4.78 is 7.82. The van der Waals surface area contributed by atoms with Crippen LogP contribution < -0.4 is 5.56 Å². The second kappa shape index (κ2) is 4.22. The molecule has 1 unspecified atom stereocenters. The molecule has 1 aromatic carbocycles. The number of para-hydroxylation sites is 1. The van der Waals surface area contributed by atoms with E-state index in [1.165, 1.54) is 0 Å². The summed E-state index contributed by atoms with van der Waals surface area (Å²) in [5, 5.41) is 1.78. The van der Waals surface area contributed by atoms with Crippen LogP contribution in [-0.2, 0) is 13.5 Å². The van der Waals surface area contributed by atoms with Crippen molar-refractivity contribution >= 4 is 37.8 Å². The molecule has 0 fully saturated rings. The third-order valence-electron chi connectivity index (χ3n) is 4.24. The molecule has 1 aliphatic rings. The lowest BCUT2D eigenvalue weighted by Gasteiger charge is -2.14. The fourth-order valence-electron chi connectivity index (χ4n) is 3.22. The lowest BCUT2D eigenvalue weighted by Crippen LogP contribution is -2.18. The van der Waals surface area contributed by atoms with E-state index in [1.54, 1.807) is 4.57 Å². The Labute approximate surface area is 124 Å². The average molecular weight is 332 g/mol. The van der Waals surface area contributed by atoms with Crippen LogP contribution in [0.25, 0.3) is 21.9 Å². The summed E-state index contributed by atoms with van der Waals surface area (Å²) in [5.41, 5.74) is 2.81. The van der Waals surface area contributed by atoms with Crippen LogP contribution in [0.1, 0.15) is 29.0 Å². The highest BCUT2D eigenvalue weighted by Crippen LogP contribution is 2.41. The summed E-state index contributed by atoms with van der Waals surface area (Å²) in [6.07, 6.45) is 3.08. The Morgan fingerprint density at radius 3 is 3.00 bits per heavy atom. The first-order valence-corrected chi connectivity index (χ1v) is 7.77. The minimum atomic E-state index is 0.0466. The van der Waals surface area contributed by atoms with Gasteiger partial charge in [0.1, 0.15) is 11.3 Å². The first-order valence-electron chi connectivity index (χ1n) is 6.85. The fourth-order valence-corrected chi connectivity index (χ4v) is 3.92. The lowest BCUT2D eigenvalue weighted by molar-refractivity contribution is 0.505. The summed E-state index contributed by atoms with van der Waals surface area (Å²) in [5.74, 6) is 0.944. The molecule has 0 N–H and O–H groups in total. The van der Waals surface area contributed by atoms with Crippen molar-refractivity contribution < 1.29 is 4.42 Å². The number of rotatable bonds is 0. The Hall–Kier alpha value is -1.55. The van der Waals surface area contributed by atoms with Gasteiger partial charge >= 0.3 is 0 Å². The van der Waals surface area contributed by atoms with Gasteiger partial charge in [-0.1, -0.05) is 28.1 Å². The molecule has 20 heavy (non-hydrogen) atoms. The SMILES string of the molecule is Cn1c(=O)c2c3c(oc2c2ccccc21)C(Br)CCC3. The van der Waals surface area contributed by atoms with E-state index in [9.17, 15) is 4.79 Å². The van der Waals surface area contributed by atoms with Crippen molar-refractivity contribution in [1.29, 1.82) is 0 Å². The Bertz CT molecular complexity index is 891. The Morgan fingerprint density at radius 1 is 1.35 bits per heavy atom. The maximum absolute atomic E-state index is 12.7. The second-order valence-corrected chi connectivity index (χ2v) is 6.50. The van der Waals surface area contributed by atoms with Gasteiger partial charge < -0.3 is 8.98 Å². The van der Waals surface area contributed by atoms with E-state index in [1.807, 2.05) is 31.3 Å². The van der Waals surface area contributed by atoms with Gasteiger partial charge in [-0.15, -0.1) is 0 Å². The molecule has 3 aromatic rings. The van der Waals surface area contributed by atoms with E-state index < -0.39 is 0 Å². The number of furan rings is 1. The van der Waals surface area contributed by atoms with Crippen molar-refractivity contribution in [2.75, 3.05) is 0 Å². The first-order chi connectivity index (χ1) is 9.68. The zero-order chi connectivity index (χ0) is 13.9. The molecule has 4 rings (SSSR count). The first kappa shape index (κ1) is 12.2. The summed E-state index contributed by atoms with van der Waals surface area (Å²) in [4.78, 5) is 12.9. The van der Waals surface area contributed by atoms with Gasteiger partial charge in [-0.05, 0) is 31.4 Å². The number of fused-ring (bicyclic) bond motifs is 5. The van der Waals surface area contributed by atoms with Crippen molar-refractivity contribution in [2.45, 2.75) is 24.1 Å². The van der Waals surface area contributed by atoms with Gasteiger partial charge in [0.05, 0.1) is 15.7 Å². The van der Waals surface area contributed by atoms with Crippen molar-refractivity contribution in [3.05, 3.63) is 45.9 Å². The van der Waals surface area contributed by atoms with Gasteiger partial charge in [0.2, 0.25) is 0 Å². The predicted octanol–water partition coefficient (Wildman–Crippen LogP) is 4.06. The molecule has 2 aromatic heterocycles. The molecular formula is C16H14BrNO2. The van der Waals surface area contributed by atoms with Crippen LogP contribution in [0.15, 0.2) is 33.5 Å². The van der Waals surface area contributed by atoms with Crippen LogP contribution in [0.5, 0.6) is 0 Å². The monoisotopic (exact) mass is 331 g/mol. The molecule has 2 heterocycles. The normalized spacial score (nSPS) is 18.6. The zero-order valence-corrected chi connectivity index (χ0v) is 12.7. The van der Waals surface area contributed by atoms with Crippen LogP contribution in [-0.4, -0.2) is 4.57 Å². The van der Waals surface area contributed by atoms with E-state index >= 15 is 0 Å². The number of nitrogens with zero attached hydrogens (tertiary/aromatic N) is 1. The molecule has 0 radical (unpaired) electrons. The van der Waals surface area contributed by atoms with Gasteiger partial charge in [-0.3, -0.25) is 4.79 Å². The van der Waals surface area contributed by atoms with Crippen molar-refractivity contribution in [3.8, 4) is 0 Å². The van der Waals surface area contributed by atoms with Gasteiger partial charge in [0.15, 0.2) is 0 Å². The third-order valence-corrected chi connectivity index (χ3v) is 5.11. The molecule has 0 saturated heterocycles. The van der Waals surface area contributed by atoms with Crippen LogP contribution in [0.3, 0.4) is 0 Å². The molecule has 1 aliphatic carbocycles. The van der Waals surface area contributed by atoms with E-state index in [0.29, 0.717) is 0 Å². The van der Waals surface area contributed by atoms with E-state index in [-0.39, 0.29) is 10.4 Å². The lowest BCUT2D eigenvalue weighted by atomic mass is 9.96. The number of halogens is 1. The number of benzene rings is 1. The third kappa shape index (κ3) is 1.48. The van der Waals surface area contributed by atoms with Crippen LogP contribution in [0.4, 0.5) is 0 Å². The number of hydrogen-bond donors (Lipinski definition) is 0. The number of alkyl halides is 1. The minimum Gasteiger partial charge on any atom is -0.459 e. The fraction of sp³-hybridized carbons (Fsp3) is 0.312. The molecule has 0 amide bonds. The summed E-state index contributed by atoms with van der Waals surface area (Å²) >= 11 is 3.67. The number of hydrogen-bond acceptors (Lipinski definition) is 2. The molecule has 4 heteroatoms. The second-order valence-electron chi connectivity index (χ2n) is 5.39. The molecule has 1 atom stereocenters. The standard InChI is InChI=1S/C16H14BrNO2/c1-18-12-8-3-2-5-9(12)15-13(16(18)19)10-6-4-7-11(17)14(10)20-15/h2-3,5,8,11H,4,6-7H2,1H3. The smallest absolute Gasteiger partial charge is 0.262 e. The predicted molar refractivity (Wildman–Crippen MR) is 83.6 cm³/mol. The van der Waals surface area contributed by atoms with E-state index in [2.05, 4.69) is 15.9 Å². The molecular weight excluding hydrogens is 318 g/mol. The highest BCUT2D eigenvalue weighted by atomic mass is 79.9. The van der Waals surface area contributed by atoms with E-state index in [0.717, 1.165) is 52.5 Å². The van der Waals surface area contributed by atoms with Crippen LogP contribution >= 0.6 is 15.9 Å². The zero-order valence-electron chi connectivity index (χ0n) is 11.1. The molecule has 0 saturated carbocycles. The summed E-state index contributed by atoms with van der Waals surface area (Å²) in [7, 11) is 1.83. The molecule has 102 valence electrons. The highest BCUT2D eigenvalue weighted by Gasteiger charge is 2.27. The van der Waals surface area contributed by atoms with Gasteiger partial charge in [-0.25, -0.2) is 0 Å². The van der Waals surface area contributed by atoms with Crippen molar-refractivity contribution in [2.24, 2.45) is 7.05 Å². The number of aryl methyl sites for hydroxylation is 2. The van der Waals surface area contributed by atoms with Crippen molar-refractivity contribution in [3.63, 3.8) is 0 Å².